The monoisotopic (exact) mass is 403 g/mol. The summed E-state index contributed by atoms with van der Waals surface area (Å²) in [4.78, 5) is 12.8. The average molecular weight is 404 g/mol. The van der Waals surface area contributed by atoms with Crippen molar-refractivity contribution in [1.29, 1.82) is 0 Å². The maximum Gasteiger partial charge on any atom is 0.356 e. The summed E-state index contributed by atoms with van der Waals surface area (Å²) in [5.74, 6) is -0.674. The van der Waals surface area contributed by atoms with Crippen LogP contribution >= 0.6 is 15.9 Å². The van der Waals surface area contributed by atoms with Crippen LogP contribution in [0.4, 0.5) is 4.39 Å². The van der Waals surface area contributed by atoms with Crippen LogP contribution in [0.15, 0.2) is 53.0 Å². The van der Waals surface area contributed by atoms with Gasteiger partial charge in [0, 0.05) is 11.9 Å². The van der Waals surface area contributed by atoms with Gasteiger partial charge in [0.25, 0.3) is 0 Å². The summed E-state index contributed by atoms with van der Waals surface area (Å²) >= 11 is 3.55. The van der Waals surface area contributed by atoms with Gasteiger partial charge in [-0.25, -0.2) is 9.18 Å². The van der Waals surface area contributed by atoms with Gasteiger partial charge in [0.05, 0.1) is 9.99 Å². The summed E-state index contributed by atoms with van der Waals surface area (Å²) in [6.07, 6.45) is 0. The highest BCUT2D eigenvalue weighted by Crippen LogP contribution is 2.33. The molecule has 0 aliphatic carbocycles. The Labute approximate surface area is 154 Å². The molecule has 2 aromatic carbocycles. The Bertz CT molecular complexity index is 923. The van der Waals surface area contributed by atoms with Gasteiger partial charge in [-0.2, -0.15) is 0 Å². The number of hydrogen-bond donors (Lipinski definition) is 0. The van der Waals surface area contributed by atoms with Crippen molar-refractivity contribution < 1.29 is 13.9 Å². The predicted molar refractivity (Wildman–Crippen MR) is 100 cm³/mol. The molecular weight excluding hydrogens is 385 g/mol. The van der Waals surface area contributed by atoms with Crippen LogP contribution < -0.4 is 0 Å². The minimum Gasteiger partial charge on any atom is -0.455 e. The number of carbonyl (C=O) groups excluding carboxylic acids is 1. The van der Waals surface area contributed by atoms with Crippen LogP contribution in [0.25, 0.3) is 10.9 Å². The lowest BCUT2D eigenvalue weighted by atomic mass is 10.2. The third-order valence-corrected chi connectivity index (χ3v) is 4.56. The summed E-state index contributed by atoms with van der Waals surface area (Å²) in [6, 6.07) is 14.0. The maximum absolute atomic E-state index is 13.2. The molecule has 0 saturated heterocycles. The van der Waals surface area contributed by atoms with Gasteiger partial charge in [0.2, 0.25) is 0 Å². The number of nitrogens with zero attached hydrogens (tertiary/aromatic N) is 1. The number of hydrogen-bond acceptors (Lipinski definition) is 2. The molecule has 0 aliphatic rings. The molecule has 0 spiro atoms. The number of fused-ring (bicyclic) bond motifs is 1. The molecule has 3 rings (SSSR count). The fraction of sp³-hybridized carbons (Fsp3) is 0.250. The lowest BCUT2D eigenvalue weighted by Gasteiger charge is -2.20. The maximum atomic E-state index is 13.2. The summed E-state index contributed by atoms with van der Waals surface area (Å²) < 4.78 is 21.4. The first-order valence-electron chi connectivity index (χ1n) is 8.01. The van der Waals surface area contributed by atoms with E-state index >= 15 is 0 Å². The van der Waals surface area contributed by atoms with E-state index in [9.17, 15) is 9.18 Å². The van der Waals surface area contributed by atoms with Gasteiger partial charge in [-0.15, -0.1) is 0 Å². The molecule has 0 fully saturated rings. The van der Waals surface area contributed by atoms with Crippen molar-refractivity contribution in [3.05, 3.63) is 70.1 Å². The Morgan fingerprint density at radius 2 is 1.76 bits per heavy atom. The molecule has 3 aromatic rings. The molecule has 1 heterocycles. The van der Waals surface area contributed by atoms with Gasteiger partial charge in [0.1, 0.15) is 17.1 Å². The van der Waals surface area contributed by atoms with Crippen molar-refractivity contribution in [3.63, 3.8) is 0 Å². The first kappa shape index (κ1) is 17.7. The zero-order chi connectivity index (χ0) is 18.2. The van der Waals surface area contributed by atoms with Gasteiger partial charge in [-0.3, -0.25) is 0 Å². The number of ether oxygens (including phenoxy) is 1. The quantitative estimate of drug-likeness (QED) is 0.537. The van der Waals surface area contributed by atoms with Crippen LogP contribution in [0.1, 0.15) is 36.8 Å². The van der Waals surface area contributed by atoms with Crippen molar-refractivity contribution in [3.8, 4) is 0 Å². The molecule has 0 unspecified atom stereocenters. The molecule has 0 radical (unpaired) electrons. The number of aromatic nitrogens is 1. The molecule has 1 aromatic heterocycles. The van der Waals surface area contributed by atoms with Crippen LogP contribution in [-0.2, 0) is 11.3 Å². The van der Waals surface area contributed by atoms with Crippen molar-refractivity contribution in [2.45, 2.75) is 32.9 Å². The van der Waals surface area contributed by atoms with E-state index in [-0.39, 0.29) is 5.82 Å². The van der Waals surface area contributed by atoms with E-state index in [1.165, 1.54) is 12.1 Å². The average Bonchev–Trinajstić information content (AvgIpc) is 2.81. The minimum atomic E-state index is -0.590. The van der Waals surface area contributed by atoms with Crippen molar-refractivity contribution in [2.75, 3.05) is 0 Å². The van der Waals surface area contributed by atoms with E-state index in [2.05, 4.69) is 15.9 Å². The van der Waals surface area contributed by atoms with E-state index in [4.69, 9.17) is 4.74 Å². The first-order chi connectivity index (χ1) is 11.8. The number of para-hydroxylation sites is 1. The lowest BCUT2D eigenvalue weighted by Crippen LogP contribution is -2.25. The summed E-state index contributed by atoms with van der Waals surface area (Å²) in [7, 11) is 0. The standard InChI is InChI=1S/C20H19BrFNO2/c1-20(2,3)25-19(24)18-17(21)15-6-4-5-7-16(15)23(18)12-13-8-10-14(22)11-9-13/h4-11H,12H2,1-3H3. The Balaban J connectivity index is 2.12. The minimum absolute atomic E-state index is 0.283. The highest BCUT2D eigenvalue weighted by molar-refractivity contribution is 9.10. The second kappa shape index (κ2) is 6.64. The highest BCUT2D eigenvalue weighted by Gasteiger charge is 2.26. The van der Waals surface area contributed by atoms with Gasteiger partial charge in [-0.1, -0.05) is 30.3 Å². The number of halogens is 2. The zero-order valence-electron chi connectivity index (χ0n) is 14.3. The van der Waals surface area contributed by atoms with Crippen LogP contribution in [0, 0.1) is 5.82 Å². The Hall–Kier alpha value is -2.14. The topological polar surface area (TPSA) is 31.2 Å². The van der Waals surface area contributed by atoms with Gasteiger partial charge >= 0.3 is 5.97 Å². The molecule has 0 atom stereocenters. The summed E-state index contributed by atoms with van der Waals surface area (Å²) in [5.41, 5.74) is 1.69. The van der Waals surface area contributed by atoms with Crippen LogP contribution in [0.5, 0.6) is 0 Å². The number of carbonyl (C=O) groups is 1. The van der Waals surface area contributed by atoms with E-state index < -0.39 is 11.6 Å². The van der Waals surface area contributed by atoms with Crippen LogP contribution in [0.3, 0.4) is 0 Å². The Morgan fingerprint density at radius 1 is 1.12 bits per heavy atom. The summed E-state index contributed by atoms with van der Waals surface area (Å²) in [5, 5.41) is 0.936. The fourth-order valence-corrected chi connectivity index (χ4v) is 3.44. The Morgan fingerprint density at radius 3 is 2.40 bits per heavy atom. The van der Waals surface area contributed by atoms with Crippen molar-refractivity contribution in [1.82, 2.24) is 4.57 Å². The van der Waals surface area contributed by atoms with Gasteiger partial charge < -0.3 is 9.30 Å². The highest BCUT2D eigenvalue weighted by atomic mass is 79.9. The van der Waals surface area contributed by atoms with Gasteiger partial charge in [0.15, 0.2) is 0 Å². The molecule has 0 N–H and O–H groups in total. The third kappa shape index (κ3) is 3.76. The fourth-order valence-electron chi connectivity index (χ4n) is 2.72. The van der Waals surface area contributed by atoms with Gasteiger partial charge in [-0.05, 0) is 60.5 Å². The molecule has 5 heteroatoms. The van der Waals surface area contributed by atoms with E-state index in [0.29, 0.717) is 16.7 Å². The van der Waals surface area contributed by atoms with E-state index in [1.807, 2.05) is 49.6 Å². The lowest BCUT2D eigenvalue weighted by molar-refractivity contribution is 0.00576. The zero-order valence-corrected chi connectivity index (χ0v) is 15.9. The molecule has 0 bridgehead atoms. The Kier molecular flexibility index (Phi) is 4.69. The molecule has 3 nitrogen and oxygen atoms in total. The third-order valence-electron chi connectivity index (χ3n) is 3.76. The van der Waals surface area contributed by atoms with Crippen LogP contribution in [-0.4, -0.2) is 16.1 Å². The first-order valence-corrected chi connectivity index (χ1v) is 8.80. The molecule has 0 amide bonds. The van der Waals surface area contributed by atoms with Crippen molar-refractivity contribution in [2.24, 2.45) is 0 Å². The molecular formula is C20H19BrFNO2. The molecule has 25 heavy (non-hydrogen) atoms. The SMILES string of the molecule is CC(C)(C)OC(=O)c1c(Br)c2ccccc2n1Cc1ccc(F)cc1. The largest absolute Gasteiger partial charge is 0.455 e. The van der Waals surface area contributed by atoms with E-state index in [1.54, 1.807) is 12.1 Å². The molecule has 130 valence electrons. The van der Waals surface area contributed by atoms with Crippen LogP contribution in [0.2, 0.25) is 0 Å². The number of benzene rings is 2. The second-order valence-electron chi connectivity index (χ2n) is 6.89. The molecule has 0 saturated carbocycles. The molecule has 0 aliphatic heterocycles. The smallest absolute Gasteiger partial charge is 0.356 e. The number of esters is 1. The number of rotatable bonds is 3. The predicted octanol–water partition coefficient (Wildman–Crippen LogP) is 5.55. The summed E-state index contributed by atoms with van der Waals surface area (Å²) in [6.45, 7) is 5.96. The van der Waals surface area contributed by atoms with Crippen molar-refractivity contribution >= 4 is 32.8 Å². The van der Waals surface area contributed by atoms with E-state index in [0.717, 1.165) is 16.5 Å². The normalized spacial score (nSPS) is 11.7. The second-order valence-corrected chi connectivity index (χ2v) is 7.69.